The van der Waals surface area contributed by atoms with Gasteiger partial charge in [0.1, 0.15) is 24.3 Å². The summed E-state index contributed by atoms with van der Waals surface area (Å²) < 4.78 is 33.7. The summed E-state index contributed by atoms with van der Waals surface area (Å²) >= 11 is 0. The molecule has 4 aromatic rings. The number of carbonyl (C=O) groups is 1. The van der Waals surface area contributed by atoms with Gasteiger partial charge in [0.2, 0.25) is 0 Å². The van der Waals surface area contributed by atoms with E-state index in [2.05, 4.69) is 14.5 Å². The predicted molar refractivity (Wildman–Crippen MR) is 150 cm³/mol. The number of piperidine rings is 1. The fourth-order valence-electron chi connectivity index (χ4n) is 5.29. The van der Waals surface area contributed by atoms with E-state index in [1.807, 2.05) is 6.07 Å². The van der Waals surface area contributed by atoms with Crippen LogP contribution in [-0.2, 0) is 24.4 Å². The van der Waals surface area contributed by atoms with Gasteiger partial charge < -0.3 is 23.9 Å². The van der Waals surface area contributed by atoms with Crippen molar-refractivity contribution in [2.45, 2.75) is 51.2 Å². The average Bonchev–Trinajstić information content (AvgIpc) is 3.31. The van der Waals surface area contributed by atoms with Crippen LogP contribution in [0.5, 0.6) is 11.5 Å². The smallest absolute Gasteiger partial charge is 0.335 e. The Kier molecular flexibility index (Phi) is 7.99. The summed E-state index contributed by atoms with van der Waals surface area (Å²) in [6, 6.07) is 14.6. The maximum absolute atomic E-state index is 14.1. The lowest BCUT2D eigenvalue weighted by Gasteiger charge is -2.32. The first-order valence-electron chi connectivity index (χ1n) is 14.0. The van der Waals surface area contributed by atoms with Crippen molar-refractivity contribution >= 4 is 17.0 Å². The number of imidazole rings is 1. The summed E-state index contributed by atoms with van der Waals surface area (Å²) in [5, 5.41) is 18.4. The molecule has 0 bridgehead atoms. The number of aromatic carboxylic acids is 1. The largest absolute Gasteiger partial charge is 0.490 e. The molecule has 1 N–H and O–H groups in total. The van der Waals surface area contributed by atoms with Crippen LogP contribution in [0.25, 0.3) is 11.0 Å². The summed E-state index contributed by atoms with van der Waals surface area (Å²) in [7, 11) is 0. The number of nitrogens with zero attached hydrogens (tertiary/aromatic N) is 5. The quantitative estimate of drug-likeness (QED) is 0.292. The van der Waals surface area contributed by atoms with E-state index in [0.717, 1.165) is 61.9 Å². The number of rotatable bonds is 10. The highest BCUT2D eigenvalue weighted by atomic mass is 19.1. The Morgan fingerprint density at radius 3 is 2.69 bits per heavy atom. The van der Waals surface area contributed by atoms with Crippen LogP contribution < -0.4 is 9.47 Å². The number of nitriles is 1. The molecule has 2 aliphatic rings. The van der Waals surface area contributed by atoms with Gasteiger partial charge in [0, 0.05) is 32.0 Å². The lowest BCUT2D eigenvalue weighted by molar-refractivity contribution is -0.0592. The first-order valence-corrected chi connectivity index (χ1v) is 14.0. The van der Waals surface area contributed by atoms with Crippen molar-refractivity contribution in [1.29, 1.82) is 5.26 Å². The molecule has 216 valence electrons. The van der Waals surface area contributed by atoms with E-state index in [-0.39, 0.29) is 35.7 Å². The van der Waals surface area contributed by atoms with Gasteiger partial charge in [-0.05, 0) is 61.7 Å². The molecule has 10 nitrogen and oxygen atoms in total. The van der Waals surface area contributed by atoms with E-state index in [4.69, 9.17) is 24.5 Å². The Balaban J connectivity index is 1.06. The second-order valence-electron chi connectivity index (χ2n) is 10.6. The Morgan fingerprint density at radius 2 is 1.98 bits per heavy atom. The molecule has 2 aliphatic heterocycles. The number of carboxylic acids is 1. The average molecular weight is 572 g/mol. The third kappa shape index (κ3) is 6.20. The van der Waals surface area contributed by atoms with Gasteiger partial charge in [0.05, 0.1) is 53.1 Å². The molecular weight excluding hydrogens is 541 g/mol. The number of aromatic nitrogens is 3. The molecule has 0 aliphatic carbocycles. The maximum atomic E-state index is 14.1. The van der Waals surface area contributed by atoms with Crippen molar-refractivity contribution in [3.8, 4) is 17.6 Å². The normalized spacial score (nSPS) is 17.5. The van der Waals surface area contributed by atoms with Crippen LogP contribution in [-0.4, -0.2) is 62.4 Å². The summed E-state index contributed by atoms with van der Waals surface area (Å²) in [5.41, 5.74) is 2.68. The van der Waals surface area contributed by atoms with Gasteiger partial charge in [0.25, 0.3) is 0 Å². The van der Waals surface area contributed by atoms with Crippen molar-refractivity contribution in [1.82, 2.24) is 19.4 Å². The lowest BCUT2D eigenvalue weighted by Crippen LogP contribution is -2.39. The van der Waals surface area contributed by atoms with Gasteiger partial charge >= 0.3 is 5.97 Å². The number of halogens is 1. The summed E-state index contributed by atoms with van der Waals surface area (Å²) in [6.07, 6.45) is 4.45. The van der Waals surface area contributed by atoms with Gasteiger partial charge in [0.15, 0.2) is 11.6 Å². The minimum Gasteiger partial charge on any atom is -0.490 e. The van der Waals surface area contributed by atoms with Gasteiger partial charge in [-0.2, -0.15) is 5.26 Å². The van der Waals surface area contributed by atoms with Crippen molar-refractivity contribution < 1.29 is 28.5 Å². The number of hydrogen-bond donors (Lipinski definition) is 1. The minimum atomic E-state index is -0.956. The van der Waals surface area contributed by atoms with Gasteiger partial charge in [-0.15, -0.1) is 0 Å². The summed E-state index contributed by atoms with van der Waals surface area (Å²) in [4.78, 5) is 23.1. The molecule has 2 aromatic carbocycles. The SMILES string of the molecule is N#Cc1ccc(OCc2cc(OC3CCN(Cc4nc5ccc(C(=O)O)cc5n4C[C@@H]4CCO4)CC3)ccn2)c(F)c1. The molecular formula is C31H30FN5O5. The van der Waals surface area contributed by atoms with Gasteiger partial charge in [-0.1, -0.05) is 0 Å². The molecule has 0 saturated carbocycles. The molecule has 2 fully saturated rings. The van der Waals surface area contributed by atoms with Gasteiger partial charge in [-0.25, -0.2) is 14.2 Å². The second-order valence-corrected chi connectivity index (χ2v) is 10.6. The second kappa shape index (κ2) is 12.1. The molecule has 4 heterocycles. The van der Waals surface area contributed by atoms with Crippen LogP contribution in [0.1, 0.15) is 46.7 Å². The molecule has 11 heteroatoms. The zero-order chi connectivity index (χ0) is 29.1. The monoisotopic (exact) mass is 571 g/mol. The van der Waals surface area contributed by atoms with Crippen LogP contribution in [0.15, 0.2) is 54.7 Å². The third-order valence-electron chi connectivity index (χ3n) is 7.68. The van der Waals surface area contributed by atoms with E-state index in [9.17, 15) is 14.3 Å². The van der Waals surface area contributed by atoms with E-state index >= 15 is 0 Å². The first kappa shape index (κ1) is 27.6. The Hall–Kier alpha value is -4.53. The number of likely N-dealkylation sites (tertiary alicyclic amines) is 1. The zero-order valence-corrected chi connectivity index (χ0v) is 22.9. The van der Waals surface area contributed by atoms with Crippen molar-refractivity contribution in [3.63, 3.8) is 0 Å². The molecule has 2 aromatic heterocycles. The standard InChI is InChI=1S/C31H30FN5O5/c32-26-13-20(16-33)1-4-29(26)41-19-22-15-24(5-9-34-22)42-23-6-10-36(11-7-23)18-30-35-27-3-2-21(31(38)39)14-28(27)37(30)17-25-8-12-40-25/h1-5,9,13-15,23,25H,6-8,10-12,17-19H2,(H,38,39)/t25-/m0/s1. The number of hydrogen-bond acceptors (Lipinski definition) is 8. The minimum absolute atomic E-state index is 0.0358. The number of carboxylic acid groups (broad SMARTS) is 1. The van der Waals surface area contributed by atoms with E-state index in [0.29, 0.717) is 24.5 Å². The van der Waals surface area contributed by atoms with Crippen molar-refractivity contribution in [3.05, 3.63) is 83.2 Å². The Morgan fingerprint density at radius 1 is 1.14 bits per heavy atom. The first-order chi connectivity index (χ1) is 20.4. The number of ether oxygens (including phenoxy) is 3. The maximum Gasteiger partial charge on any atom is 0.335 e. The molecule has 0 spiro atoms. The Labute approximate surface area is 241 Å². The number of fused-ring (bicyclic) bond motifs is 1. The molecule has 1 atom stereocenters. The van der Waals surface area contributed by atoms with Crippen LogP contribution >= 0.6 is 0 Å². The highest BCUT2D eigenvalue weighted by molar-refractivity contribution is 5.92. The molecule has 42 heavy (non-hydrogen) atoms. The van der Waals surface area contributed by atoms with Crippen molar-refractivity contribution in [2.24, 2.45) is 0 Å². The number of pyridine rings is 1. The fraction of sp³-hybridized carbons (Fsp3) is 0.355. The van der Waals surface area contributed by atoms with Crippen molar-refractivity contribution in [2.75, 3.05) is 19.7 Å². The van der Waals surface area contributed by atoms with Crippen LogP contribution in [0.3, 0.4) is 0 Å². The van der Waals surface area contributed by atoms with E-state index in [1.165, 1.54) is 12.1 Å². The lowest BCUT2D eigenvalue weighted by atomic mass is 10.1. The topological polar surface area (TPSA) is 123 Å². The highest BCUT2D eigenvalue weighted by Crippen LogP contribution is 2.26. The zero-order valence-electron chi connectivity index (χ0n) is 22.9. The number of benzene rings is 2. The van der Waals surface area contributed by atoms with Gasteiger partial charge in [-0.3, -0.25) is 9.88 Å². The molecule has 6 rings (SSSR count). The summed E-state index contributed by atoms with van der Waals surface area (Å²) in [6.45, 7) is 3.78. The van der Waals surface area contributed by atoms with Crippen LogP contribution in [0.2, 0.25) is 0 Å². The Bertz CT molecular complexity index is 1640. The molecule has 0 radical (unpaired) electrons. The molecule has 0 unspecified atom stereocenters. The van der Waals surface area contributed by atoms with E-state index in [1.54, 1.807) is 36.5 Å². The van der Waals surface area contributed by atoms with Crippen LogP contribution in [0, 0.1) is 17.1 Å². The molecule has 0 amide bonds. The predicted octanol–water partition coefficient (Wildman–Crippen LogP) is 4.55. The molecule has 2 saturated heterocycles. The summed E-state index contributed by atoms with van der Waals surface area (Å²) in [5.74, 6) is 0.0942. The highest BCUT2D eigenvalue weighted by Gasteiger charge is 2.26. The van der Waals surface area contributed by atoms with Crippen LogP contribution in [0.4, 0.5) is 4.39 Å². The van der Waals surface area contributed by atoms with E-state index < -0.39 is 11.8 Å². The third-order valence-corrected chi connectivity index (χ3v) is 7.68. The fourth-order valence-corrected chi connectivity index (χ4v) is 5.29.